The molecular weight excluding hydrogens is 356 g/mol. The third-order valence-electron chi connectivity index (χ3n) is 4.31. The Morgan fingerprint density at radius 3 is 2.68 bits per heavy atom. The summed E-state index contributed by atoms with van der Waals surface area (Å²) in [4.78, 5) is 6.61. The number of piperidine rings is 1. The summed E-state index contributed by atoms with van der Waals surface area (Å²) in [6, 6.07) is 7.40. The molecule has 3 rings (SSSR count). The molecule has 2 aromatic rings. The highest BCUT2D eigenvalue weighted by molar-refractivity contribution is 7.91. The Bertz CT molecular complexity index is 893. The maximum Gasteiger partial charge on any atom is 0.250 e. The second-order valence-corrected chi connectivity index (χ2v) is 9.09. The summed E-state index contributed by atoms with van der Waals surface area (Å²) >= 11 is 1.22. The van der Waals surface area contributed by atoms with E-state index in [1.54, 1.807) is 17.5 Å². The van der Waals surface area contributed by atoms with Crippen molar-refractivity contribution in [3.05, 3.63) is 40.4 Å². The van der Waals surface area contributed by atoms with Crippen molar-refractivity contribution in [2.45, 2.75) is 36.9 Å². The molecule has 1 fully saturated rings. The lowest BCUT2D eigenvalue weighted by Gasteiger charge is -2.33. The van der Waals surface area contributed by atoms with Crippen LogP contribution in [0.4, 0.5) is 5.82 Å². The van der Waals surface area contributed by atoms with E-state index in [2.05, 4.69) is 20.7 Å². The van der Waals surface area contributed by atoms with E-state index < -0.39 is 10.0 Å². The van der Waals surface area contributed by atoms with Gasteiger partial charge in [0.25, 0.3) is 0 Å². The molecule has 25 heavy (non-hydrogen) atoms. The van der Waals surface area contributed by atoms with Gasteiger partial charge in [-0.05, 0) is 49.8 Å². The van der Waals surface area contributed by atoms with Gasteiger partial charge in [-0.3, -0.25) is 0 Å². The summed E-state index contributed by atoms with van der Waals surface area (Å²) in [5.41, 5.74) is 2.40. The van der Waals surface area contributed by atoms with Crippen LogP contribution in [0.1, 0.15) is 29.7 Å². The standard InChI is InChI=1S/C17H20N4O2S2/c1-12-10-13(2)19-17(15(12)11-18)21-7-5-14(6-8-21)20-25(22,23)16-4-3-9-24-16/h3-4,9-10,14,20H,5-8H2,1-2H3. The van der Waals surface area contributed by atoms with Crippen molar-refractivity contribution in [2.75, 3.05) is 18.0 Å². The van der Waals surface area contributed by atoms with Crippen LogP contribution in [0.2, 0.25) is 0 Å². The molecule has 1 N–H and O–H groups in total. The molecule has 0 saturated carbocycles. The molecule has 0 radical (unpaired) electrons. The van der Waals surface area contributed by atoms with Crippen molar-refractivity contribution in [3.63, 3.8) is 0 Å². The average Bonchev–Trinajstić information content (AvgIpc) is 3.10. The number of hydrogen-bond donors (Lipinski definition) is 1. The SMILES string of the molecule is Cc1cc(C)c(C#N)c(N2CCC(NS(=O)(=O)c3cccs3)CC2)n1. The van der Waals surface area contributed by atoms with E-state index in [0.717, 1.165) is 11.3 Å². The highest BCUT2D eigenvalue weighted by atomic mass is 32.2. The van der Waals surface area contributed by atoms with Gasteiger partial charge >= 0.3 is 0 Å². The first-order valence-electron chi connectivity index (χ1n) is 8.10. The molecule has 0 aromatic carbocycles. The molecule has 1 saturated heterocycles. The van der Waals surface area contributed by atoms with Crippen LogP contribution in [0.15, 0.2) is 27.8 Å². The number of hydrogen-bond acceptors (Lipinski definition) is 6. The number of nitriles is 1. The van der Waals surface area contributed by atoms with Gasteiger partial charge < -0.3 is 4.90 Å². The van der Waals surface area contributed by atoms with Crippen LogP contribution in [0.3, 0.4) is 0 Å². The van der Waals surface area contributed by atoms with Gasteiger partial charge in [0.15, 0.2) is 0 Å². The zero-order valence-corrected chi connectivity index (χ0v) is 15.8. The van der Waals surface area contributed by atoms with E-state index in [9.17, 15) is 13.7 Å². The average molecular weight is 377 g/mol. The minimum atomic E-state index is -3.44. The molecule has 3 heterocycles. The van der Waals surface area contributed by atoms with Crippen LogP contribution in [-0.2, 0) is 10.0 Å². The molecule has 0 unspecified atom stereocenters. The van der Waals surface area contributed by atoms with Gasteiger partial charge in [-0.2, -0.15) is 5.26 Å². The predicted molar refractivity (Wildman–Crippen MR) is 98.3 cm³/mol. The second-order valence-electron chi connectivity index (χ2n) is 6.21. The number of rotatable bonds is 4. The van der Waals surface area contributed by atoms with Gasteiger partial charge in [0, 0.05) is 24.8 Å². The molecular formula is C17H20N4O2S2. The zero-order chi connectivity index (χ0) is 18.0. The Balaban J connectivity index is 1.70. The molecule has 2 aromatic heterocycles. The molecule has 132 valence electrons. The fraction of sp³-hybridized carbons (Fsp3) is 0.412. The predicted octanol–water partition coefficient (Wildman–Crippen LogP) is 2.58. The largest absolute Gasteiger partial charge is 0.355 e. The molecule has 1 aliphatic heterocycles. The molecule has 0 spiro atoms. The van der Waals surface area contributed by atoms with Crippen LogP contribution < -0.4 is 9.62 Å². The molecule has 0 aliphatic carbocycles. The quantitative estimate of drug-likeness (QED) is 0.886. The van der Waals surface area contributed by atoms with Crippen molar-refractivity contribution in [2.24, 2.45) is 0 Å². The molecule has 8 heteroatoms. The Hall–Kier alpha value is -1.95. The van der Waals surface area contributed by atoms with E-state index in [-0.39, 0.29) is 6.04 Å². The first-order chi connectivity index (χ1) is 11.9. The maximum absolute atomic E-state index is 12.3. The fourth-order valence-electron chi connectivity index (χ4n) is 3.09. The highest BCUT2D eigenvalue weighted by Gasteiger charge is 2.27. The maximum atomic E-state index is 12.3. The van der Waals surface area contributed by atoms with E-state index >= 15 is 0 Å². The molecule has 0 atom stereocenters. The van der Waals surface area contributed by atoms with Crippen LogP contribution >= 0.6 is 11.3 Å². The minimum absolute atomic E-state index is 0.0974. The number of nitrogens with zero attached hydrogens (tertiary/aromatic N) is 3. The zero-order valence-electron chi connectivity index (χ0n) is 14.2. The van der Waals surface area contributed by atoms with Gasteiger partial charge in [-0.1, -0.05) is 6.07 Å². The summed E-state index contributed by atoms with van der Waals surface area (Å²) in [7, 11) is -3.44. The van der Waals surface area contributed by atoms with Crippen molar-refractivity contribution in [1.82, 2.24) is 9.71 Å². The molecule has 0 bridgehead atoms. The van der Waals surface area contributed by atoms with Crippen molar-refractivity contribution < 1.29 is 8.42 Å². The number of aryl methyl sites for hydroxylation is 2. The monoisotopic (exact) mass is 376 g/mol. The highest BCUT2D eigenvalue weighted by Crippen LogP contribution is 2.26. The van der Waals surface area contributed by atoms with Crippen LogP contribution in [0.5, 0.6) is 0 Å². The van der Waals surface area contributed by atoms with E-state index in [1.165, 1.54) is 11.3 Å². The Labute approximate surface area is 152 Å². The van der Waals surface area contributed by atoms with Gasteiger partial charge in [0.1, 0.15) is 16.1 Å². The van der Waals surface area contributed by atoms with Crippen LogP contribution in [-0.4, -0.2) is 32.5 Å². The summed E-state index contributed by atoms with van der Waals surface area (Å²) in [6.45, 7) is 5.17. The smallest absolute Gasteiger partial charge is 0.250 e. The second kappa shape index (κ2) is 7.12. The Morgan fingerprint density at radius 1 is 1.36 bits per heavy atom. The minimum Gasteiger partial charge on any atom is -0.355 e. The summed E-state index contributed by atoms with van der Waals surface area (Å²) in [6.07, 6.45) is 1.37. The fourth-order valence-corrected chi connectivity index (χ4v) is 5.40. The van der Waals surface area contributed by atoms with Crippen molar-refractivity contribution in [1.29, 1.82) is 5.26 Å². The van der Waals surface area contributed by atoms with E-state index in [0.29, 0.717) is 41.5 Å². The van der Waals surface area contributed by atoms with Crippen molar-refractivity contribution >= 4 is 27.2 Å². The number of pyridine rings is 1. The summed E-state index contributed by atoms with van der Waals surface area (Å²) < 4.78 is 27.8. The molecule has 1 aliphatic rings. The number of aromatic nitrogens is 1. The Morgan fingerprint density at radius 2 is 2.08 bits per heavy atom. The number of sulfonamides is 1. The molecule has 0 amide bonds. The number of thiophene rings is 1. The van der Waals surface area contributed by atoms with Crippen LogP contribution in [0.25, 0.3) is 0 Å². The first kappa shape index (κ1) is 17.9. The van der Waals surface area contributed by atoms with Gasteiger partial charge in [0.05, 0.1) is 5.56 Å². The van der Waals surface area contributed by atoms with Crippen LogP contribution in [0, 0.1) is 25.2 Å². The Kier molecular flexibility index (Phi) is 5.08. The topological polar surface area (TPSA) is 86.1 Å². The van der Waals surface area contributed by atoms with Crippen molar-refractivity contribution in [3.8, 4) is 6.07 Å². The lowest BCUT2D eigenvalue weighted by molar-refractivity contribution is 0.458. The van der Waals surface area contributed by atoms with E-state index in [1.807, 2.05) is 19.9 Å². The summed E-state index contributed by atoms with van der Waals surface area (Å²) in [5.74, 6) is 0.708. The van der Waals surface area contributed by atoms with Gasteiger partial charge in [-0.15, -0.1) is 11.3 Å². The third-order valence-corrected chi connectivity index (χ3v) is 7.23. The lowest BCUT2D eigenvalue weighted by Crippen LogP contribution is -2.45. The first-order valence-corrected chi connectivity index (χ1v) is 10.5. The van der Waals surface area contributed by atoms with Gasteiger partial charge in [0.2, 0.25) is 10.0 Å². The third kappa shape index (κ3) is 3.84. The number of anilines is 1. The summed E-state index contributed by atoms with van der Waals surface area (Å²) in [5, 5.41) is 11.2. The van der Waals surface area contributed by atoms with Gasteiger partial charge in [-0.25, -0.2) is 18.1 Å². The normalized spacial score (nSPS) is 16.0. The van der Waals surface area contributed by atoms with E-state index in [4.69, 9.17) is 0 Å². The molecule has 6 nitrogen and oxygen atoms in total. The number of nitrogens with one attached hydrogen (secondary N) is 1. The lowest BCUT2D eigenvalue weighted by atomic mass is 10.0.